The topological polar surface area (TPSA) is 81.3 Å². The zero-order valence-electron chi connectivity index (χ0n) is 12.6. The summed E-state index contributed by atoms with van der Waals surface area (Å²) in [5, 5.41) is 0.412. The van der Waals surface area contributed by atoms with Gasteiger partial charge in [-0.05, 0) is 42.5 Å². The first-order valence-electron chi connectivity index (χ1n) is 6.89. The molecule has 6 heteroatoms. The lowest BCUT2D eigenvalue weighted by molar-refractivity contribution is 0.0601. The highest BCUT2D eigenvalue weighted by atomic mass is 16.5. The predicted molar refractivity (Wildman–Crippen MR) is 85.7 cm³/mol. The van der Waals surface area contributed by atoms with Gasteiger partial charge in [-0.3, -0.25) is 4.79 Å². The number of aromatic amines is 1. The monoisotopic (exact) mass is 310 g/mol. The van der Waals surface area contributed by atoms with Gasteiger partial charge in [0.15, 0.2) is 0 Å². The van der Waals surface area contributed by atoms with Gasteiger partial charge in [0.05, 0.1) is 30.7 Å². The molecule has 1 N–H and O–H groups in total. The molecule has 0 aliphatic carbocycles. The van der Waals surface area contributed by atoms with Crippen molar-refractivity contribution in [3.8, 4) is 17.1 Å². The number of fused-ring (bicyclic) bond motifs is 1. The molecule has 0 aliphatic heterocycles. The van der Waals surface area contributed by atoms with Crippen LogP contribution in [0, 0.1) is 0 Å². The van der Waals surface area contributed by atoms with Crippen LogP contribution in [-0.2, 0) is 4.74 Å². The average Bonchev–Trinajstić information content (AvgIpc) is 2.60. The maximum absolute atomic E-state index is 12.2. The van der Waals surface area contributed by atoms with Crippen LogP contribution >= 0.6 is 0 Å². The van der Waals surface area contributed by atoms with E-state index in [1.165, 1.54) is 13.2 Å². The minimum atomic E-state index is -0.472. The number of carbonyl (C=O) groups excluding carboxylic acids is 1. The molecule has 23 heavy (non-hydrogen) atoms. The third-order valence-electron chi connectivity index (χ3n) is 3.49. The molecular weight excluding hydrogens is 296 g/mol. The van der Waals surface area contributed by atoms with Gasteiger partial charge in [0.1, 0.15) is 11.6 Å². The Balaban J connectivity index is 2.14. The van der Waals surface area contributed by atoms with Gasteiger partial charge >= 0.3 is 5.97 Å². The fraction of sp³-hybridized carbons (Fsp3) is 0.118. The van der Waals surface area contributed by atoms with Crippen LogP contribution in [0.15, 0.2) is 47.3 Å². The van der Waals surface area contributed by atoms with Crippen molar-refractivity contribution in [1.29, 1.82) is 0 Å². The van der Waals surface area contributed by atoms with Crippen molar-refractivity contribution in [1.82, 2.24) is 9.97 Å². The average molecular weight is 310 g/mol. The van der Waals surface area contributed by atoms with Crippen LogP contribution in [0.1, 0.15) is 10.4 Å². The number of nitrogens with one attached hydrogen (secondary N) is 1. The molecule has 0 amide bonds. The second kappa shape index (κ2) is 5.92. The molecule has 3 aromatic rings. The molecule has 0 saturated carbocycles. The third kappa shape index (κ3) is 2.78. The van der Waals surface area contributed by atoms with Crippen molar-refractivity contribution in [3.05, 3.63) is 58.4 Å². The summed E-state index contributed by atoms with van der Waals surface area (Å²) in [6, 6.07) is 11.8. The van der Waals surface area contributed by atoms with Gasteiger partial charge in [0, 0.05) is 5.56 Å². The van der Waals surface area contributed by atoms with E-state index in [-0.39, 0.29) is 5.56 Å². The first kappa shape index (κ1) is 14.8. The fourth-order valence-electron chi connectivity index (χ4n) is 2.27. The largest absolute Gasteiger partial charge is 0.497 e. The lowest BCUT2D eigenvalue weighted by atomic mass is 10.1. The van der Waals surface area contributed by atoms with Crippen molar-refractivity contribution in [2.45, 2.75) is 0 Å². The highest BCUT2D eigenvalue weighted by Crippen LogP contribution is 2.20. The Morgan fingerprint density at radius 2 is 1.83 bits per heavy atom. The first-order valence-corrected chi connectivity index (χ1v) is 6.89. The number of methoxy groups -OCH3 is 2. The van der Waals surface area contributed by atoms with E-state index in [9.17, 15) is 9.59 Å². The summed E-state index contributed by atoms with van der Waals surface area (Å²) >= 11 is 0. The number of H-pyrrole nitrogens is 1. The standard InChI is InChI=1S/C17H14N2O4/c1-22-12-6-3-10(4-7-12)15-18-14-9-11(17(21)23-2)5-8-13(14)16(20)19-15/h3-9H,1-2H3,(H,18,19,20). The van der Waals surface area contributed by atoms with E-state index in [0.29, 0.717) is 28.0 Å². The number of hydrogen-bond acceptors (Lipinski definition) is 5. The summed E-state index contributed by atoms with van der Waals surface area (Å²) in [6.07, 6.45) is 0. The zero-order chi connectivity index (χ0) is 16.4. The summed E-state index contributed by atoms with van der Waals surface area (Å²) in [7, 11) is 2.89. The van der Waals surface area contributed by atoms with Crippen molar-refractivity contribution < 1.29 is 14.3 Å². The third-order valence-corrected chi connectivity index (χ3v) is 3.49. The van der Waals surface area contributed by atoms with Gasteiger partial charge in [-0.25, -0.2) is 9.78 Å². The zero-order valence-corrected chi connectivity index (χ0v) is 12.6. The van der Waals surface area contributed by atoms with Crippen LogP contribution in [-0.4, -0.2) is 30.2 Å². The van der Waals surface area contributed by atoms with Crippen molar-refractivity contribution >= 4 is 16.9 Å². The summed E-state index contributed by atoms with van der Waals surface area (Å²) in [5.74, 6) is 0.664. The number of nitrogens with zero attached hydrogens (tertiary/aromatic N) is 1. The number of hydrogen-bond donors (Lipinski definition) is 1. The first-order chi connectivity index (χ1) is 11.1. The van der Waals surface area contributed by atoms with Gasteiger partial charge in [0.2, 0.25) is 0 Å². The molecule has 1 aromatic heterocycles. The Labute approximate surface area is 131 Å². The molecule has 0 radical (unpaired) electrons. The number of ether oxygens (including phenoxy) is 2. The van der Waals surface area contributed by atoms with Crippen LogP contribution < -0.4 is 10.3 Å². The molecule has 0 atom stereocenters. The Morgan fingerprint density at radius 3 is 2.48 bits per heavy atom. The maximum Gasteiger partial charge on any atom is 0.337 e. The van der Waals surface area contributed by atoms with E-state index >= 15 is 0 Å². The molecule has 0 unspecified atom stereocenters. The lowest BCUT2D eigenvalue weighted by Gasteiger charge is -2.06. The van der Waals surface area contributed by atoms with Gasteiger partial charge < -0.3 is 14.5 Å². The highest BCUT2D eigenvalue weighted by molar-refractivity contribution is 5.94. The van der Waals surface area contributed by atoms with Crippen LogP contribution in [0.4, 0.5) is 0 Å². The van der Waals surface area contributed by atoms with E-state index in [1.54, 1.807) is 43.5 Å². The molecule has 0 saturated heterocycles. The molecule has 2 aromatic carbocycles. The molecular formula is C17H14N2O4. The molecule has 0 fully saturated rings. The SMILES string of the molecule is COC(=O)c1ccc2c(=O)[nH]c(-c3ccc(OC)cc3)nc2c1. The van der Waals surface area contributed by atoms with Crippen LogP contribution in [0.2, 0.25) is 0 Å². The number of carbonyl (C=O) groups is 1. The molecule has 3 rings (SSSR count). The minimum Gasteiger partial charge on any atom is -0.497 e. The number of benzene rings is 2. The second-order valence-corrected chi connectivity index (χ2v) is 4.87. The van der Waals surface area contributed by atoms with E-state index in [2.05, 4.69) is 14.7 Å². The Morgan fingerprint density at radius 1 is 1.09 bits per heavy atom. The summed E-state index contributed by atoms with van der Waals surface area (Å²) in [5.41, 5.74) is 1.26. The van der Waals surface area contributed by atoms with Gasteiger partial charge in [0.25, 0.3) is 5.56 Å². The molecule has 0 spiro atoms. The van der Waals surface area contributed by atoms with Gasteiger partial charge in [-0.1, -0.05) is 0 Å². The molecule has 116 valence electrons. The molecule has 0 bridgehead atoms. The van der Waals surface area contributed by atoms with Crippen molar-refractivity contribution in [3.63, 3.8) is 0 Å². The van der Waals surface area contributed by atoms with E-state index < -0.39 is 5.97 Å². The van der Waals surface area contributed by atoms with Gasteiger partial charge in [-0.15, -0.1) is 0 Å². The Hall–Kier alpha value is -3.15. The molecule has 6 nitrogen and oxygen atoms in total. The fourth-order valence-corrected chi connectivity index (χ4v) is 2.27. The van der Waals surface area contributed by atoms with E-state index in [1.807, 2.05) is 0 Å². The van der Waals surface area contributed by atoms with Crippen LogP contribution in [0.5, 0.6) is 5.75 Å². The summed E-state index contributed by atoms with van der Waals surface area (Å²) in [4.78, 5) is 31.0. The Kier molecular flexibility index (Phi) is 3.80. The molecule has 0 aliphatic rings. The molecule has 1 heterocycles. The van der Waals surface area contributed by atoms with Crippen LogP contribution in [0.3, 0.4) is 0 Å². The lowest BCUT2D eigenvalue weighted by Crippen LogP contribution is -2.10. The quantitative estimate of drug-likeness (QED) is 0.751. The van der Waals surface area contributed by atoms with E-state index in [0.717, 1.165) is 5.56 Å². The summed E-state index contributed by atoms with van der Waals surface area (Å²) in [6.45, 7) is 0. The highest BCUT2D eigenvalue weighted by Gasteiger charge is 2.10. The normalized spacial score (nSPS) is 10.5. The van der Waals surface area contributed by atoms with Crippen molar-refractivity contribution in [2.75, 3.05) is 14.2 Å². The van der Waals surface area contributed by atoms with Crippen molar-refractivity contribution in [2.24, 2.45) is 0 Å². The smallest absolute Gasteiger partial charge is 0.337 e. The van der Waals surface area contributed by atoms with Gasteiger partial charge in [-0.2, -0.15) is 0 Å². The number of aromatic nitrogens is 2. The number of rotatable bonds is 3. The van der Waals surface area contributed by atoms with E-state index in [4.69, 9.17) is 4.74 Å². The minimum absolute atomic E-state index is 0.266. The summed E-state index contributed by atoms with van der Waals surface area (Å²) < 4.78 is 9.80. The van der Waals surface area contributed by atoms with Crippen LogP contribution in [0.25, 0.3) is 22.3 Å². The maximum atomic E-state index is 12.2. The second-order valence-electron chi connectivity index (χ2n) is 4.87. The predicted octanol–water partition coefficient (Wildman–Crippen LogP) is 2.39. The Bertz CT molecular complexity index is 929. The number of esters is 1.